The van der Waals surface area contributed by atoms with Crippen LogP contribution in [0.25, 0.3) is 11.1 Å². The molecule has 112 valence electrons. The summed E-state index contributed by atoms with van der Waals surface area (Å²) in [7, 11) is 0. The first kappa shape index (κ1) is 14.9. The standard InChI is InChI=1S/C15H10ClFN2O2S/c16-10-6-5-9(7-11(10)17)18-14(20)8-22-15-19-12-3-1-2-4-13(12)21-15/h1-7H,8H2,(H,18,20). The minimum atomic E-state index is -0.578. The van der Waals surface area contributed by atoms with E-state index in [4.69, 9.17) is 16.0 Å². The summed E-state index contributed by atoms with van der Waals surface area (Å²) in [5, 5.41) is 3.01. The number of benzene rings is 2. The van der Waals surface area contributed by atoms with Gasteiger partial charge >= 0.3 is 0 Å². The van der Waals surface area contributed by atoms with Crippen LogP contribution >= 0.6 is 23.4 Å². The van der Waals surface area contributed by atoms with Gasteiger partial charge in [0.2, 0.25) is 5.91 Å². The van der Waals surface area contributed by atoms with Crippen LogP contribution in [0.3, 0.4) is 0 Å². The molecule has 3 aromatic rings. The Morgan fingerprint density at radius 1 is 1.32 bits per heavy atom. The molecule has 22 heavy (non-hydrogen) atoms. The number of carbonyl (C=O) groups excluding carboxylic acids is 1. The Kier molecular flexibility index (Phi) is 4.31. The van der Waals surface area contributed by atoms with E-state index in [9.17, 15) is 9.18 Å². The largest absolute Gasteiger partial charge is 0.431 e. The zero-order valence-corrected chi connectivity index (χ0v) is 12.7. The summed E-state index contributed by atoms with van der Waals surface area (Å²) >= 11 is 6.76. The van der Waals surface area contributed by atoms with Crippen molar-refractivity contribution in [2.24, 2.45) is 0 Å². The van der Waals surface area contributed by atoms with Crippen molar-refractivity contribution in [2.75, 3.05) is 11.1 Å². The number of hydrogen-bond acceptors (Lipinski definition) is 4. The second kappa shape index (κ2) is 6.37. The Morgan fingerprint density at radius 2 is 2.14 bits per heavy atom. The highest BCUT2D eigenvalue weighted by Gasteiger charge is 2.10. The summed E-state index contributed by atoms with van der Waals surface area (Å²) in [6.07, 6.45) is 0. The predicted octanol–water partition coefficient (Wildman–Crippen LogP) is 4.35. The number of fused-ring (bicyclic) bond motifs is 1. The zero-order valence-electron chi connectivity index (χ0n) is 11.2. The van der Waals surface area contributed by atoms with Crippen LogP contribution in [0.1, 0.15) is 0 Å². The van der Waals surface area contributed by atoms with Gasteiger partial charge in [-0.1, -0.05) is 35.5 Å². The maximum atomic E-state index is 13.3. The minimum absolute atomic E-state index is 0.0128. The van der Waals surface area contributed by atoms with E-state index >= 15 is 0 Å². The van der Waals surface area contributed by atoms with Crippen LogP contribution in [-0.2, 0) is 4.79 Å². The lowest BCUT2D eigenvalue weighted by molar-refractivity contribution is -0.113. The number of nitrogens with one attached hydrogen (secondary N) is 1. The molecule has 0 radical (unpaired) electrons. The Hall–Kier alpha value is -2.05. The van der Waals surface area contributed by atoms with E-state index < -0.39 is 5.82 Å². The lowest BCUT2D eigenvalue weighted by atomic mass is 10.3. The molecule has 0 aliphatic rings. The molecule has 3 rings (SSSR count). The zero-order chi connectivity index (χ0) is 15.5. The molecule has 0 saturated carbocycles. The fraction of sp³-hybridized carbons (Fsp3) is 0.0667. The van der Waals surface area contributed by atoms with Crippen molar-refractivity contribution in [3.8, 4) is 0 Å². The molecule has 1 aromatic heterocycles. The van der Waals surface area contributed by atoms with Crippen molar-refractivity contribution >= 4 is 46.1 Å². The SMILES string of the molecule is O=C(CSc1nc2ccccc2o1)Nc1ccc(Cl)c(F)c1. The number of thioether (sulfide) groups is 1. The number of aromatic nitrogens is 1. The van der Waals surface area contributed by atoms with Gasteiger partial charge in [-0.05, 0) is 30.3 Å². The first-order valence-electron chi connectivity index (χ1n) is 6.35. The average Bonchev–Trinajstić information content (AvgIpc) is 2.92. The van der Waals surface area contributed by atoms with Crippen molar-refractivity contribution < 1.29 is 13.6 Å². The van der Waals surface area contributed by atoms with E-state index in [2.05, 4.69) is 10.3 Å². The molecule has 1 heterocycles. The van der Waals surface area contributed by atoms with Gasteiger partial charge in [0.05, 0.1) is 10.8 Å². The van der Waals surface area contributed by atoms with Crippen LogP contribution in [0.15, 0.2) is 52.1 Å². The number of para-hydroxylation sites is 2. The maximum absolute atomic E-state index is 13.3. The topological polar surface area (TPSA) is 55.1 Å². The molecule has 1 amide bonds. The van der Waals surface area contributed by atoms with Crippen LogP contribution in [0.2, 0.25) is 5.02 Å². The molecule has 0 spiro atoms. The molecule has 0 aliphatic carbocycles. The van der Waals surface area contributed by atoms with E-state index in [-0.39, 0.29) is 16.7 Å². The van der Waals surface area contributed by atoms with Gasteiger partial charge in [-0.25, -0.2) is 9.37 Å². The number of carbonyl (C=O) groups is 1. The molecule has 0 unspecified atom stereocenters. The lowest BCUT2D eigenvalue weighted by Crippen LogP contribution is -2.14. The van der Waals surface area contributed by atoms with E-state index in [0.717, 1.165) is 5.52 Å². The van der Waals surface area contributed by atoms with Gasteiger partial charge in [0, 0.05) is 5.69 Å². The molecule has 7 heteroatoms. The predicted molar refractivity (Wildman–Crippen MR) is 84.8 cm³/mol. The van der Waals surface area contributed by atoms with Crippen LogP contribution in [0, 0.1) is 5.82 Å². The summed E-state index contributed by atoms with van der Waals surface area (Å²) in [6.45, 7) is 0. The number of rotatable bonds is 4. The number of anilines is 1. The van der Waals surface area contributed by atoms with Crippen molar-refractivity contribution in [3.63, 3.8) is 0 Å². The van der Waals surface area contributed by atoms with E-state index in [0.29, 0.717) is 16.5 Å². The monoisotopic (exact) mass is 336 g/mol. The molecule has 2 aromatic carbocycles. The third-order valence-electron chi connectivity index (χ3n) is 2.80. The molecular formula is C15H10ClFN2O2S. The average molecular weight is 337 g/mol. The highest BCUT2D eigenvalue weighted by Crippen LogP contribution is 2.23. The fourth-order valence-corrected chi connectivity index (χ4v) is 2.57. The summed E-state index contributed by atoms with van der Waals surface area (Å²) < 4.78 is 18.8. The van der Waals surface area contributed by atoms with Crippen LogP contribution in [-0.4, -0.2) is 16.6 Å². The summed E-state index contributed by atoms with van der Waals surface area (Å²) in [5.41, 5.74) is 1.76. The minimum Gasteiger partial charge on any atom is -0.431 e. The van der Waals surface area contributed by atoms with Gasteiger partial charge in [-0.2, -0.15) is 0 Å². The van der Waals surface area contributed by atoms with Crippen molar-refractivity contribution in [1.82, 2.24) is 4.98 Å². The Balaban J connectivity index is 1.60. The summed E-state index contributed by atoms with van der Waals surface area (Å²) in [6, 6.07) is 11.4. The van der Waals surface area contributed by atoms with Gasteiger partial charge in [0.1, 0.15) is 11.3 Å². The second-order valence-corrected chi connectivity index (χ2v) is 5.75. The molecular weight excluding hydrogens is 327 g/mol. The fourth-order valence-electron chi connectivity index (χ4n) is 1.81. The van der Waals surface area contributed by atoms with Crippen LogP contribution < -0.4 is 5.32 Å². The van der Waals surface area contributed by atoms with Gasteiger partial charge in [-0.3, -0.25) is 4.79 Å². The first-order valence-corrected chi connectivity index (χ1v) is 7.71. The van der Waals surface area contributed by atoms with Crippen molar-refractivity contribution in [2.45, 2.75) is 5.22 Å². The lowest BCUT2D eigenvalue weighted by Gasteiger charge is -2.04. The number of nitrogens with zero attached hydrogens (tertiary/aromatic N) is 1. The molecule has 0 saturated heterocycles. The van der Waals surface area contributed by atoms with Crippen LogP contribution in [0.5, 0.6) is 0 Å². The third kappa shape index (κ3) is 3.40. The Labute approximate surface area is 134 Å². The summed E-state index contributed by atoms with van der Waals surface area (Å²) in [5.74, 6) is -0.753. The Bertz CT molecular complexity index is 804. The molecule has 0 fully saturated rings. The van der Waals surface area contributed by atoms with E-state index in [1.807, 2.05) is 24.3 Å². The molecule has 4 nitrogen and oxygen atoms in total. The Morgan fingerprint density at radius 3 is 2.91 bits per heavy atom. The first-order chi connectivity index (χ1) is 10.6. The highest BCUT2D eigenvalue weighted by atomic mass is 35.5. The molecule has 0 aliphatic heterocycles. The molecule has 0 bridgehead atoms. The van der Waals surface area contributed by atoms with Gasteiger partial charge in [0.15, 0.2) is 5.58 Å². The normalized spacial score (nSPS) is 10.8. The second-order valence-electron chi connectivity index (χ2n) is 4.41. The van der Waals surface area contributed by atoms with Crippen molar-refractivity contribution in [1.29, 1.82) is 0 Å². The summed E-state index contributed by atoms with van der Waals surface area (Å²) in [4.78, 5) is 16.1. The molecule has 0 atom stereocenters. The number of amides is 1. The van der Waals surface area contributed by atoms with Gasteiger partial charge < -0.3 is 9.73 Å². The number of hydrogen-bond donors (Lipinski definition) is 1. The quantitative estimate of drug-likeness (QED) is 0.720. The van der Waals surface area contributed by atoms with Crippen molar-refractivity contribution in [3.05, 3.63) is 53.3 Å². The van der Waals surface area contributed by atoms with Crippen LogP contribution in [0.4, 0.5) is 10.1 Å². The highest BCUT2D eigenvalue weighted by molar-refractivity contribution is 7.99. The van der Waals surface area contributed by atoms with E-state index in [1.54, 1.807) is 0 Å². The maximum Gasteiger partial charge on any atom is 0.257 e. The van der Waals surface area contributed by atoms with E-state index in [1.165, 1.54) is 30.0 Å². The van der Waals surface area contributed by atoms with Gasteiger partial charge in [-0.15, -0.1) is 0 Å². The van der Waals surface area contributed by atoms with Gasteiger partial charge in [0.25, 0.3) is 5.22 Å². The number of halogens is 2. The third-order valence-corrected chi connectivity index (χ3v) is 3.94. The number of oxazole rings is 1. The smallest absolute Gasteiger partial charge is 0.257 e. The molecule has 1 N–H and O–H groups in total.